The number of aromatic carboxylic acids is 1. The number of halogens is 2. The molecule has 0 saturated carbocycles. The van der Waals surface area contributed by atoms with Gasteiger partial charge in [0.1, 0.15) is 11.0 Å². The van der Waals surface area contributed by atoms with E-state index in [1.54, 1.807) is 36.4 Å². The van der Waals surface area contributed by atoms with Crippen LogP contribution in [0.3, 0.4) is 0 Å². The zero-order valence-corrected chi connectivity index (χ0v) is 43.5. The first kappa shape index (κ1) is 57.8. The number of rotatable bonds is 12. The number of fused-ring (bicyclic) bond motifs is 4. The van der Waals surface area contributed by atoms with Gasteiger partial charge in [-0.3, -0.25) is 14.4 Å². The van der Waals surface area contributed by atoms with Gasteiger partial charge in [-0.25, -0.2) is 14.2 Å². The monoisotopic (exact) mass is 1070 g/mol. The van der Waals surface area contributed by atoms with Crippen molar-refractivity contribution in [2.45, 2.75) is 106 Å². The molecule has 6 aromatic carbocycles. The van der Waals surface area contributed by atoms with Crippen LogP contribution in [0.4, 0.5) is 0 Å². The van der Waals surface area contributed by atoms with E-state index in [0.717, 1.165) is 93.5 Å². The Balaban J connectivity index is 0.000000208. The van der Waals surface area contributed by atoms with E-state index >= 15 is 0 Å². The number of ether oxygens (including phenoxy) is 1. The van der Waals surface area contributed by atoms with Gasteiger partial charge in [0.25, 0.3) is 5.91 Å². The molecule has 8 aromatic rings. The minimum atomic E-state index is -0.956. The van der Waals surface area contributed by atoms with Crippen molar-refractivity contribution in [2.24, 2.45) is 0 Å². The van der Waals surface area contributed by atoms with E-state index in [1.807, 2.05) is 46.3 Å². The fourth-order valence-electron chi connectivity index (χ4n) is 9.94. The van der Waals surface area contributed by atoms with Crippen LogP contribution in [0.15, 0.2) is 109 Å². The summed E-state index contributed by atoms with van der Waals surface area (Å²) in [7, 11) is 1.44. The van der Waals surface area contributed by atoms with Gasteiger partial charge in [0.05, 0.1) is 36.5 Å². The number of carboxylic acids is 2. The first-order chi connectivity index (χ1) is 35.7. The number of aliphatic carboxylic acids is 1. The van der Waals surface area contributed by atoms with E-state index in [1.165, 1.54) is 35.9 Å². The fraction of sp³-hybridized carbons (Fsp3) is 0.322. The molecule has 2 unspecified atom stereocenters. The number of carbonyl (C=O) groups is 4. The number of nitrogens with one attached hydrogen (secondary N) is 1. The smallest absolute Gasteiger partial charge is 0.335 e. The lowest BCUT2D eigenvalue weighted by molar-refractivity contribution is -0.141. The van der Waals surface area contributed by atoms with E-state index in [4.69, 9.17) is 33.0 Å². The number of aryl methyl sites for hydroxylation is 4. The molecular formula is C59H66Cl2N8O7. The summed E-state index contributed by atoms with van der Waals surface area (Å²) in [5.41, 5.74) is 15.4. The van der Waals surface area contributed by atoms with Crippen LogP contribution in [-0.4, -0.2) is 89.1 Å². The Bertz CT molecular complexity index is 3390. The zero-order valence-electron chi connectivity index (χ0n) is 41.9. The molecular weight excluding hydrogens is 1000 g/mol. The van der Waals surface area contributed by atoms with E-state index in [0.29, 0.717) is 41.7 Å². The summed E-state index contributed by atoms with van der Waals surface area (Å²) in [4.78, 5) is 49.4. The Morgan fingerprint density at radius 3 is 1.70 bits per heavy atom. The predicted octanol–water partition coefficient (Wildman–Crippen LogP) is 11.6. The molecule has 15 nitrogen and oxygen atoms in total. The molecule has 1 amide bonds. The maximum absolute atomic E-state index is 13.1. The standard InChI is InChI=1S/C28H27ClN4O3.C22H26N4O2.C7H5ClO2.2CH4/c1-3-33-25-10-9-23(17(2)27(25)30-31-33)24(15-26(34)35)19-8-7-18-11-12-32(16-21(18)13-19)28(36)20-5-4-6-22(29)14-20;1-4-26-20-8-7-18(14(2)22(20)24-25-26)19(12-21(27)28-3)16-6-5-15-9-10-23-13-17(15)11-16;8-6-3-1-2-5(4-6)7(9)10;;/h4-10,13-14,24H,3,11-12,15-16H2,1-2H3,(H,34,35);5-8,11,19,23H,4,9-10,12-13H2,1-3H3;1-4H,(H,9,10);2*1H4. The lowest BCUT2D eigenvalue weighted by Gasteiger charge is -2.30. The first-order valence-corrected chi connectivity index (χ1v) is 25.3. The van der Waals surface area contributed by atoms with Gasteiger partial charge in [-0.05, 0) is 151 Å². The van der Waals surface area contributed by atoms with Gasteiger partial charge in [-0.2, -0.15) is 0 Å². The molecule has 17 heteroatoms. The van der Waals surface area contributed by atoms with Crippen LogP contribution in [0.25, 0.3) is 22.1 Å². The Labute approximate surface area is 453 Å². The molecule has 2 aromatic heterocycles. The quantitative estimate of drug-likeness (QED) is 0.0981. The number of aromatic nitrogens is 6. The van der Waals surface area contributed by atoms with Crippen molar-refractivity contribution >= 4 is 69.1 Å². The topological polar surface area (TPSA) is 195 Å². The summed E-state index contributed by atoms with van der Waals surface area (Å²) in [6.45, 7) is 12.6. The predicted molar refractivity (Wildman–Crippen MR) is 299 cm³/mol. The SMILES string of the molecule is C.C.CCn1nnc2c(C)c(C(CC(=O)O)c3ccc4c(c3)CN(C(=O)c3cccc(Cl)c3)CC4)ccc21.CCn1nnc2c(C)c(C(CC(=O)OC)c3ccc4c(c3)CNCC4)ccc21.O=C(O)c1cccc(Cl)c1. The summed E-state index contributed by atoms with van der Waals surface area (Å²) >= 11 is 11.6. The molecule has 2 aliphatic heterocycles. The molecule has 2 aliphatic rings. The largest absolute Gasteiger partial charge is 0.481 e. The number of benzene rings is 6. The van der Waals surface area contributed by atoms with Gasteiger partial charge in [0, 0.05) is 60.2 Å². The number of esters is 1. The van der Waals surface area contributed by atoms with Crippen molar-refractivity contribution in [3.8, 4) is 0 Å². The summed E-state index contributed by atoms with van der Waals surface area (Å²) in [6, 6.07) is 34.0. The molecule has 0 bridgehead atoms. The molecule has 0 saturated heterocycles. The first-order valence-electron chi connectivity index (χ1n) is 24.6. The van der Waals surface area contributed by atoms with Gasteiger partial charge < -0.3 is 25.2 Å². The van der Waals surface area contributed by atoms with Crippen molar-refractivity contribution in [2.75, 3.05) is 20.2 Å². The van der Waals surface area contributed by atoms with Crippen molar-refractivity contribution in [3.05, 3.63) is 186 Å². The van der Waals surface area contributed by atoms with Crippen LogP contribution in [-0.2, 0) is 53.3 Å². The van der Waals surface area contributed by atoms with E-state index in [2.05, 4.69) is 82.3 Å². The number of amides is 1. The van der Waals surface area contributed by atoms with Gasteiger partial charge in [0.15, 0.2) is 0 Å². The fourth-order valence-corrected chi connectivity index (χ4v) is 10.3. The molecule has 4 heterocycles. The van der Waals surface area contributed by atoms with Crippen LogP contribution in [0, 0.1) is 13.8 Å². The van der Waals surface area contributed by atoms with E-state index < -0.39 is 11.9 Å². The lowest BCUT2D eigenvalue weighted by atomic mass is 9.83. The second-order valence-corrected chi connectivity index (χ2v) is 19.2. The highest BCUT2D eigenvalue weighted by atomic mass is 35.5. The van der Waals surface area contributed by atoms with Crippen LogP contribution >= 0.6 is 23.2 Å². The molecule has 76 heavy (non-hydrogen) atoms. The Morgan fingerprint density at radius 2 is 1.18 bits per heavy atom. The maximum Gasteiger partial charge on any atom is 0.335 e. The second kappa shape index (κ2) is 25.9. The van der Waals surface area contributed by atoms with Crippen molar-refractivity contribution in [1.29, 1.82) is 0 Å². The molecule has 0 fully saturated rings. The lowest BCUT2D eigenvalue weighted by Crippen LogP contribution is -2.36. The number of carboxylic acid groups (broad SMARTS) is 2. The van der Waals surface area contributed by atoms with Gasteiger partial charge in [0.2, 0.25) is 0 Å². The third kappa shape index (κ3) is 13.0. The van der Waals surface area contributed by atoms with Crippen LogP contribution in [0.5, 0.6) is 0 Å². The number of hydrogen-bond acceptors (Lipinski definition) is 10. The van der Waals surface area contributed by atoms with E-state index in [9.17, 15) is 24.3 Å². The van der Waals surface area contributed by atoms with Crippen molar-refractivity contribution in [3.63, 3.8) is 0 Å². The highest BCUT2D eigenvalue weighted by Gasteiger charge is 2.28. The average molecular weight is 1070 g/mol. The number of nitrogens with zero attached hydrogens (tertiary/aromatic N) is 7. The number of carbonyl (C=O) groups excluding carboxylic acids is 2. The van der Waals surface area contributed by atoms with Gasteiger partial charge in [-0.15, -0.1) is 10.2 Å². The minimum absolute atomic E-state index is 0. The Kier molecular flexibility index (Phi) is 19.7. The summed E-state index contributed by atoms with van der Waals surface area (Å²) < 4.78 is 8.73. The Morgan fingerprint density at radius 1 is 0.658 bits per heavy atom. The maximum atomic E-state index is 13.1. The van der Waals surface area contributed by atoms with Crippen LogP contribution in [0.1, 0.15) is 130 Å². The van der Waals surface area contributed by atoms with E-state index in [-0.39, 0.29) is 50.5 Å². The van der Waals surface area contributed by atoms with Crippen molar-refractivity contribution < 1.29 is 34.1 Å². The highest BCUT2D eigenvalue weighted by molar-refractivity contribution is 6.31. The molecule has 398 valence electrons. The summed E-state index contributed by atoms with van der Waals surface area (Å²) in [5.74, 6) is -2.51. The third-order valence-electron chi connectivity index (χ3n) is 13.9. The number of hydrogen-bond donors (Lipinski definition) is 3. The highest BCUT2D eigenvalue weighted by Crippen LogP contribution is 2.37. The average Bonchev–Trinajstić information content (AvgIpc) is 4.05. The molecule has 2 atom stereocenters. The third-order valence-corrected chi connectivity index (χ3v) is 14.4. The number of methoxy groups -OCH3 is 1. The van der Waals surface area contributed by atoms with Crippen LogP contribution in [0.2, 0.25) is 10.0 Å². The normalized spacial score (nSPS) is 13.3. The van der Waals surface area contributed by atoms with Crippen LogP contribution < -0.4 is 5.32 Å². The molecule has 0 spiro atoms. The molecule has 3 N–H and O–H groups in total. The molecule has 10 rings (SSSR count). The Hall–Kier alpha value is -7.46. The minimum Gasteiger partial charge on any atom is -0.481 e. The second-order valence-electron chi connectivity index (χ2n) is 18.4. The molecule has 0 aliphatic carbocycles. The summed E-state index contributed by atoms with van der Waals surface area (Å²) in [5, 5.41) is 39.8. The zero-order chi connectivity index (χ0) is 52.6. The van der Waals surface area contributed by atoms with Crippen molar-refractivity contribution in [1.82, 2.24) is 40.2 Å². The van der Waals surface area contributed by atoms with Gasteiger partial charge >= 0.3 is 17.9 Å². The summed E-state index contributed by atoms with van der Waals surface area (Å²) in [6.07, 6.45) is 2.05. The molecule has 0 radical (unpaired) electrons. The van der Waals surface area contributed by atoms with Gasteiger partial charge in [-0.1, -0.05) is 109 Å².